The van der Waals surface area contributed by atoms with E-state index < -0.39 is 0 Å². The van der Waals surface area contributed by atoms with Crippen LogP contribution in [0.4, 0.5) is 5.82 Å². The molecule has 3 heterocycles. The van der Waals surface area contributed by atoms with Gasteiger partial charge in [-0.05, 0) is 30.7 Å². The first-order chi connectivity index (χ1) is 12.1. The third-order valence-electron chi connectivity index (χ3n) is 4.29. The monoisotopic (exact) mass is 340 g/mol. The average molecular weight is 340 g/mol. The number of hydrogen-bond acceptors (Lipinski definition) is 5. The second-order valence-corrected chi connectivity index (χ2v) is 6.41. The van der Waals surface area contributed by atoms with Crippen molar-refractivity contribution in [3.8, 4) is 5.75 Å². The highest BCUT2D eigenvalue weighted by molar-refractivity contribution is 5.76. The van der Waals surface area contributed by atoms with Gasteiger partial charge in [-0.1, -0.05) is 6.07 Å². The number of pyridine rings is 2. The largest absolute Gasteiger partial charge is 0.485 e. The number of carbonyl (C=O) groups is 1. The molecule has 2 aromatic rings. The van der Waals surface area contributed by atoms with Gasteiger partial charge in [-0.25, -0.2) is 4.98 Å². The van der Waals surface area contributed by atoms with Crippen molar-refractivity contribution in [1.82, 2.24) is 14.9 Å². The summed E-state index contributed by atoms with van der Waals surface area (Å²) in [5.41, 5.74) is 0.953. The van der Waals surface area contributed by atoms with Crippen LogP contribution in [0, 0.1) is 0 Å². The topological polar surface area (TPSA) is 58.6 Å². The Balaban J connectivity index is 1.52. The second-order valence-electron chi connectivity index (χ2n) is 6.41. The molecule has 6 heteroatoms. The summed E-state index contributed by atoms with van der Waals surface area (Å²) in [4.78, 5) is 24.9. The molecule has 0 saturated carbocycles. The first-order valence-corrected chi connectivity index (χ1v) is 8.60. The van der Waals surface area contributed by atoms with Gasteiger partial charge in [0.2, 0.25) is 5.91 Å². The van der Waals surface area contributed by atoms with Crippen molar-refractivity contribution in [3.05, 3.63) is 48.4 Å². The van der Waals surface area contributed by atoms with Gasteiger partial charge in [0.05, 0.1) is 6.54 Å². The normalized spacial score (nSPS) is 16.7. The van der Waals surface area contributed by atoms with Crippen molar-refractivity contribution >= 4 is 11.7 Å². The molecule has 132 valence electrons. The van der Waals surface area contributed by atoms with Gasteiger partial charge in [0.15, 0.2) is 11.6 Å². The smallest absolute Gasteiger partial charge is 0.223 e. The molecule has 0 N–H and O–H groups in total. The van der Waals surface area contributed by atoms with Gasteiger partial charge < -0.3 is 14.5 Å². The van der Waals surface area contributed by atoms with E-state index in [1.807, 2.05) is 54.2 Å². The first kappa shape index (κ1) is 17.2. The Hall–Kier alpha value is -2.63. The molecule has 6 nitrogen and oxygen atoms in total. The number of carbonyl (C=O) groups excluding carboxylic acids is 1. The summed E-state index contributed by atoms with van der Waals surface area (Å²) in [5, 5.41) is 0. The lowest BCUT2D eigenvalue weighted by atomic mass is 10.2. The number of anilines is 1. The van der Waals surface area contributed by atoms with E-state index in [4.69, 9.17) is 4.74 Å². The van der Waals surface area contributed by atoms with Crippen molar-refractivity contribution in [2.75, 3.05) is 32.1 Å². The number of aryl methyl sites for hydroxylation is 1. The zero-order chi connectivity index (χ0) is 17.6. The lowest BCUT2D eigenvalue weighted by Gasteiger charge is -2.20. The molecule has 25 heavy (non-hydrogen) atoms. The number of likely N-dealkylation sites (tertiary alicyclic amines) is 1. The standard InChI is InChI=1S/C19H24N4O2/c1-22(2)19-17(7-5-12-21-19)25-16-10-13-23(14-16)18(24)9-8-15-6-3-4-11-20-15/h3-7,11-12,16H,8-10,13-14H2,1-2H3/t16-/m1/s1. The van der Waals surface area contributed by atoms with Crippen LogP contribution in [0.5, 0.6) is 5.75 Å². The Morgan fingerprint density at radius 2 is 2.08 bits per heavy atom. The lowest BCUT2D eigenvalue weighted by Crippen LogP contribution is -2.31. The fourth-order valence-electron chi connectivity index (χ4n) is 2.98. The summed E-state index contributed by atoms with van der Waals surface area (Å²) in [6.07, 6.45) is 5.54. The Labute approximate surface area is 148 Å². The average Bonchev–Trinajstić information content (AvgIpc) is 3.09. The number of rotatable bonds is 6. The van der Waals surface area contributed by atoms with Crippen LogP contribution in [0.2, 0.25) is 0 Å². The molecule has 2 aromatic heterocycles. The first-order valence-electron chi connectivity index (χ1n) is 8.60. The van der Waals surface area contributed by atoms with E-state index in [1.165, 1.54) is 0 Å². The second kappa shape index (κ2) is 7.96. The van der Waals surface area contributed by atoms with Crippen LogP contribution in [-0.2, 0) is 11.2 Å². The van der Waals surface area contributed by atoms with Crippen molar-refractivity contribution in [3.63, 3.8) is 0 Å². The maximum atomic E-state index is 12.4. The molecular weight excluding hydrogens is 316 g/mol. The minimum atomic E-state index is 0.0155. The Bertz CT molecular complexity index is 706. The fourth-order valence-corrected chi connectivity index (χ4v) is 2.98. The van der Waals surface area contributed by atoms with E-state index in [0.717, 1.165) is 30.2 Å². The van der Waals surface area contributed by atoms with Gasteiger partial charge in [0.1, 0.15) is 6.10 Å². The lowest BCUT2D eigenvalue weighted by molar-refractivity contribution is -0.130. The zero-order valence-corrected chi connectivity index (χ0v) is 14.8. The molecule has 0 aliphatic carbocycles. The highest BCUT2D eigenvalue weighted by atomic mass is 16.5. The van der Waals surface area contributed by atoms with Crippen molar-refractivity contribution in [2.24, 2.45) is 0 Å². The Morgan fingerprint density at radius 1 is 1.24 bits per heavy atom. The number of aromatic nitrogens is 2. The minimum Gasteiger partial charge on any atom is -0.485 e. The molecule has 1 amide bonds. The van der Waals surface area contributed by atoms with Crippen LogP contribution in [0.25, 0.3) is 0 Å². The Kier molecular flexibility index (Phi) is 5.48. The molecule has 1 atom stereocenters. The van der Waals surface area contributed by atoms with Crippen LogP contribution in [0.1, 0.15) is 18.5 Å². The number of amides is 1. The van der Waals surface area contributed by atoms with Crippen LogP contribution >= 0.6 is 0 Å². The third-order valence-corrected chi connectivity index (χ3v) is 4.29. The number of ether oxygens (including phenoxy) is 1. The van der Waals surface area contributed by atoms with Gasteiger partial charge in [-0.15, -0.1) is 0 Å². The summed E-state index contributed by atoms with van der Waals surface area (Å²) in [7, 11) is 3.88. The molecular formula is C19H24N4O2. The van der Waals surface area contributed by atoms with E-state index in [1.54, 1.807) is 12.4 Å². The molecule has 0 unspecified atom stereocenters. The van der Waals surface area contributed by atoms with Crippen LogP contribution in [-0.4, -0.2) is 54.1 Å². The number of nitrogens with zero attached hydrogens (tertiary/aromatic N) is 4. The third kappa shape index (κ3) is 4.47. The maximum Gasteiger partial charge on any atom is 0.223 e. The van der Waals surface area contributed by atoms with E-state index >= 15 is 0 Å². The molecule has 1 aliphatic heterocycles. The van der Waals surface area contributed by atoms with Gasteiger partial charge in [-0.2, -0.15) is 0 Å². The molecule has 1 saturated heterocycles. The van der Waals surface area contributed by atoms with Gasteiger partial charge in [-0.3, -0.25) is 9.78 Å². The van der Waals surface area contributed by atoms with E-state index in [0.29, 0.717) is 19.4 Å². The van der Waals surface area contributed by atoms with Crippen molar-refractivity contribution in [2.45, 2.75) is 25.4 Å². The van der Waals surface area contributed by atoms with Gasteiger partial charge in [0.25, 0.3) is 0 Å². The molecule has 0 bridgehead atoms. The molecule has 1 fully saturated rings. The highest BCUT2D eigenvalue weighted by Crippen LogP contribution is 2.26. The van der Waals surface area contributed by atoms with Crippen LogP contribution < -0.4 is 9.64 Å². The SMILES string of the molecule is CN(C)c1ncccc1O[C@@H]1CCN(C(=O)CCc2ccccn2)C1. The van der Waals surface area contributed by atoms with Crippen LogP contribution in [0.15, 0.2) is 42.7 Å². The molecule has 0 spiro atoms. The zero-order valence-electron chi connectivity index (χ0n) is 14.8. The van der Waals surface area contributed by atoms with E-state index in [2.05, 4.69) is 9.97 Å². The molecule has 3 rings (SSSR count). The quantitative estimate of drug-likeness (QED) is 0.806. The fraction of sp³-hybridized carbons (Fsp3) is 0.421. The van der Waals surface area contributed by atoms with E-state index in [9.17, 15) is 4.79 Å². The van der Waals surface area contributed by atoms with Gasteiger partial charge in [0, 0.05) is 51.6 Å². The van der Waals surface area contributed by atoms with Crippen molar-refractivity contribution in [1.29, 1.82) is 0 Å². The predicted octanol–water partition coefficient (Wildman–Crippen LogP) is 2.16. The molecule has 0 aromatic carbocycles. The Morgan fingerprint density at radius 3 is 2.84 bits per heavy atom. The minimum absolute atomic E-state index is 0.0155. The summed E-state index contributed by atoms with van der Waals surface area (Å²) < 4.78 is 6.10. The summed E-state index contributed by atoms with van der Waals surface area (Å²) in [5.74, 6) is 1.73. The van der Waals surface area contributed by atoms with Gasteiger partial charge >= 0.3 is 0 Å². The summed E-state index contributed by atoms with van der Waals surface area (Å²) in [6, 6.07) is 9.58. The van der Waals surface area contributed by atoms with Crippen LogP contribution in [0.3, 0.4) is 0 Å². The molecule has 0 radical (unpaired) electrons. The van der Waals surface area contributed by atoms with E-state index in [-0.39, 0.29) is 12.0 Å². The maximum absolute atomic E-state index is 12.4. The predicted molar refractivity (Wildman–Crippen MR) is 96.7 cm³/mol. The summed E-state index contributed by atoms with van der Waals surface area (Å²) in [6.45, 7) is 1.37. The van der Waals surface area contributed by atoms with Crippen molar-refractivity contribution < 1.29 is 9.53 Å². The highest BCUT2D eigenvalue weighted by Gasteiger charge is 2.28. The molecule has 1 aliphatic rings. The summed E-state index contributed by atoms with van der Waals surface area (Å²) >= 11 is 0. The number of hydrogen-bond donors (Lipinski definition) is 0.